The van der Waals surface area contributed by atoms with Crippen LogP contribution in [0.25, 0.3) is 39.1 Å². The molecule has 0 unspecified atom stereocenters. The minimum Gasteiger partial charge on any atom is -0.324 e. The van der Waals surface area contributed by atoms with Gasteiger partial charge in [-0.25, -0.2) is 9.97 Å². The van der Waals surface area contributed by atoms with Crippen LogP contribution in [0.1, 0.15) is 35.0 Å². The Morgan fingerprint density at radius 2 is 1.47 bits per heavy atom. The molecular formula is C40H35N5. The lowest BCUT2D eigenvalue weighted by Crippen LogP contribution is -2.06. The largest absolute Gasteiger partial charge is 0.324 e. The molecule has 0 N–H and O–H groups in total. The number of imidazole rings is 2. The fourth-order valence-electron chi connectivity index (χ4n) is 6.02. The minimum atomic E-state index is 0.658. The molecule has 7 aromatic rings. The number of aliphatic imine (C=N–C) groups is 1. The van der Waals surface area contributed by atoms with Crippen molar-refractivity contribution in [2.24, 2.45) is 4.99 Å². The van der Waals surface area contributed by atoms with Gasteiger partial charge in [-0.2, -0.15) is 0 Å². The van der Waals surface area contributed by atoms with E-state index in [-0.39, 0.29) is 0 Å². The van der Waals surface area contributed by atoms with Gasteiger partial charge in [0, 0.05) is 29.9 Å². The third-order valence-corrected chi connectivity index (χ3v) is 8.33. The van der Waals surface area contributed by atoms with Crippen LogP contribution in [0.2, 0.25) is 0 Å². The van der Waals surface area contributed by atoms with Crippen molar-refractivity contribution in [2.75, 3.05) is 0 Å². The Balaban J connectivity index is 1.43. The third-order valence-electron chi connectivity index (χ3n) is 8.33. The Hall–Kier alpha value is -5.55. The quantitative estimate of drug-likeness (QED) is 0.132. The van der Waals surface area contributed by atoms with Crippen molar-refractivity contribution >= 4 is 33.5 Å². The predicted molar refractivity (Wildman–Crippen MR) is 187 cm³/mol. The standard InChI is InChI=1S/C40H35N5/c1-5-22-44-37-16-10-8-14-35(37)42-39(44)25-30-23-31(29(4)41-34-13-7-6-12-28(34)3)26-32(24-30)40-43-36-15-9-11-17-38(36)45(40)33-20-18-27(2)19-21-33/h5-21,23-24,26H,1,22,25H2,2-4H3. The first kappa shape index (κ1) is 28.2. The van der Waals surface area contributed by atoms with Crippen molar-refractivity contribution in [1.29, 1.82) is 0 Å². The van der Waals surface area contributed by atoms with E-state index in [1.807, 2.05) is 30.3 Å². The van der Waals surface area contributed by atoms with Crippen LogP contribution in [0.4, 0.5) is 5.69 Å². The SMILES string of the molecule is C=CCn1c(Cc2cc(C(C)=Nc3ccccc3C)cc(-c3nc4ccccc4n3-c3ccc(C)cc3)c2)nc2ccccc21. The van der Waals surface area contributed by atoms with Crippen LogP contribution in [0.5, 0.6) is 0 Å². The van der Waals surface area contributed by atoms with Gasteiger partial charge in [-0.05, 0) is 98.1 Å². The van der Waals surface area contributed by atoms with E-state index in [4.69, 9.17) is 15.0 Å². The van der Waals surface area contributed by atoms with Gasteiger partial charge in [-0.3, -0.25) is 9.56 Å². The van der Waals surface area contributed by atoms with E-state index < -0.39 is 0 Å². The molecule has 220 valence electrons. The average molecular weight is 586 g/mol. The molecule has 0 saturated heterocycles. The summed E-state index contributed by atoms with van der Waals surface area (Å²) in [5, 5.41) is 0. The summed E-state index contributed by atoms with van der Waals surface area (Å²) in [5.41, 5.74) is 12.7. The summed E-state index contributed by atoms with van der Waals surface area (Å²) in [6.07, 6.45) is 2.59. The van der Waals surface area contributed by atoms with E-state index >= 15 is 0 Å². The van der Waals surface area contributed by atoms with E-state index in [0.29, 0.717) is 13.0 Å². The van der Waals surface area contributed by atoms with E-state index in [1.165, 1.54) is 5.56 Å². The van der Waals surface area contributed by atoms with Crippen LogP contribution in [0.15, 0.2) is 133 Å². The summed E-state index contributed by atoms with van der Waals surface area (Å²) in [6.45, 7) is 11.0. The molecule has 0 aliphatic carbocycles. The molecule has 0 fully saturated rings. The lowest BCUT2D eigenvalue weighted by atomic mass is 10.00. The second-order valence-electron chi connectivity index (χ2n) is 11.6. The van der Waals surface area contributed by atoms with Gasteiger partial charge in [-0.15, -0.1) is 6.58 Å². The number of hydrogen-bond acceptors (Lipinski definition) is 3. The zero-order valence-electron chi connectivity index (χ0n) is 25.9. The third kappa shape index (κ3) is 5.49. The molecule has 0 aliphatic heterocycles. The molecule has 45 heavy (non-hydrogen) atoms. The van der Waals surface area contributed by atoms with Crippen LogP contribution in [-0.4, -0.2) is 24.8 Å². The van der Waals surface area contributed by atoms with Crippen molar-refractivity contribution in [3.05, 3.63) is 156 Å². The number of nitrogens with zero attached hydrogens (tertiary/aromatic N) is 5. The molecule has 2 aromatic heterocycles. The molecule has 5 nitrogen and oxygen atoms in total. The van der Waals surface area contributed by atoms with Crippen molar-refractivity contribution in [1.82, 2.24) is 19.1 Å². The molecule has 7 rings (SSSR count). The molecule has 5 heteroatoms. The second kappa shape index (κ2) is 11.9. The van der Waals surface area contributed by atoms with Crippen molar-refractivity contribution in [3.8, 4) is 17.1 Å². The second-order valence-corrected chi connectivity index (χ2v) is 11.6. The Bertz CT molecular complexity index is 2210. The van der Waals surface area contributed by atoms with Gasteiger partial charge in [-0.1, -0.05) is 66.2 Å². The van der Waals surface area contributed by atoms with Crippen molar-refractivity contribution in [2.45, 2.75) is 33.7 Å². The molecule has 0 bridgehead atoms. The topological polar surface area (TPSA) is 48.0 Å². The Kier molecular flexibility index (Phi) is 7.44. The highest BCUT2D eigenvalue weighted by Crippen LogP contribution is 2.32. The van der Waals surface area contributed by atoms with E-state index in [9.17, 15) is 0 Å². The van der Waals surface area contributed by atoms with E-state index in [1.54, 1.807) is 0 Å². The van der Waals surface area contributed by atoms with E-state index in [2.05, 4.69) is 127 Å². The van der Waals surface area contributed by atoms with E-state index in [0.717, 1.165) is 73.1 Å². The first-order chi connectivity index (χ1) is 22.0. The van der Waals surface area contributed by atoms with Gasteiger partial charge in [0.25, 0.3) is 0 Å². The molecule has 0 amide bonds. The number of para-hydroxylation sites is 5. The highest BCUT2D eigenvalue weighted by atomic mass is 15.1. The summed E-state index contributed by atoms with van der Waals surface area (Å²) in [7, 11) is 0. The number of aryl methyl sites for hydroxylation is 2. The number of hydrogen-bond donors (Lipinski definition) is 0. The lowest BCUT2D eigenvalue weighted by Gasteiger charge is -2.14. The Morgan fingerprint density at radius 3 is 2.22 bits per heavy atom. The van der Waals surface area contributed by atoms with Crippen LogP contribution >= 0.6 is 0 Å². The highest BCUT2D eigenvalue weighted by molar-refractivity contribution is 6.01. The lowest BCUT2D eigenvalue weighted by molar-refractivity contribution is 0.780. The fraction of sp³-hybridized carbons (Fsp3) is 0.125. The predicted octanol–water partition coefficient (Wildman–Crippen LogP) is 9.58. The summed E-state index contributed by atoms with van der Waals surface area (Å²) >= 11 is 0. The maximum atomic E-state index is 5.20. The Labute approximate surface area is 263 Å². The molecule has 0 radical (unpaired) electrons. The smallest absolute Gasteiger partial charge is 0.145 e. The van der Waals surface area contributed by atoms with Gasteiger partial charge in [0.2, 0.25) is 0 Å². The number of fused-ring (bicyclic) bond motifs is 2. The summed E-state index contributed by atoms with van der Waals surface area (Å²) in [5.74, 6) is 1.89. The summed E-state index contributed by atoms with van der Waals surface area (Å²) < 4.78 is 4.52. The molecule has 5 aromatic carbocycles. The fourth-order valence-corrected chi connectivity index (χ4v) is 6.02. The van der Waals surface area contributed by atoms with Crippen LogP contribution in [0, 0.1) is 13.8 Å². The van der Waals surface area contributed by atoms with Crippen LogP contribution in [-0.2, 0) is 13.0 Å². The molecule has 2 heterocycles. The van der Waals surface area contributed by atoms with Gasteiger partial charge < -0.3 is 4.57 Å². The average Bonchev–Trinajstić information content (AvgIpc) is 3.61. The van der Waals surface area contributed by atoms with Crippen LogP contribution < -0.4 is 0 Å². The van der Waals surface area contributed by atoms with Gasteiger partial charge >= 0.3 is 0 Å². The van der Waals surface area contributed by atoms with Crippen molar-refractivity contribution in [3.63, 3.8) is 0 Å². The molecule has 0 aliphatic rings. The molecule has 0 atom stereocenters. The summed E-state index contributed by atoms with van der Waals surface area (Å²) in [4.78, 5) is 15.3. The van der Waals surface area contributed by atoms with Gasteiger partial charge in [0.05, 0.1) is 27.8 Å². The first-order valence-corrected chi connectivity index (χ1v) is 15.3. The van der Waals surface area contributed by atoms with Gasteiger partial charge in [0.15, 0.2) is 0 Å². The summed E-state index contributed by atoms with van der Waals surface area (Å²) in [6, 6.07) is 40.3. The normalized spacial score (nSPS) is 11.8. The zero-order chi connectivity index (χ0) is 30.9. The maximum Gasteiger partial charge on any atom is 0.145 e. The number of benzene rings is 5. The molecule has 0 saturated carbocycles. The van der Waals surface area contributed by atoms with Crippen LogP contribution in [0.3, 0.4) is 0 Å². The zero-order valence-corrected chi connectivity index (χ0v) is 25.9. The van der Waals surface area contributed by atoms with Gasteiger partial charge in [0.1, 0.15) is 11.6 Å². The monoisotopic (exact) mass is 585 g/mol. The van der Waals surface area contributed by atoms with Crippen molar-refractivity contribution < 1.29 is 0 Å². The maximum absolute atomic E-state index is 5.20. The molecule has 0 spiro atoms. The minimum absolute atomic E-state index is 0.658. The number of aromatic nitrogens is 4. The first-order valence-electron chi connectivity index (χ1n) is 15.3. The number of allylic oxidation sites excluding steroid dienone is 1. The molecular weight excluding hydrogens is 550 g/mol. The number of rotatable bonds is 8. The Morgan fingerprint density at radius 1 is 0.778 bits per heavy atom. The highest BCUT2D eigenvalue weighted by Gasteiger charge is 2.18.